The standard InChI is InChI=1S/C22H29N3O5S/c1-15-7-9-18(10-8-15)24-16(2)21(27)23(22(24)28)13-20(26)25(17-5-3-4-6-17)19-11-12-31(29,30)14-19/h7-10,16-17,19H,3-6,11-14H2,1-2H3/t16-,19+/m0/s1. The molecule has 4 amide bonds. The molecule has 2 heterocycles. The summed E-state index contributed by atoms with van der Waals surface area (Å²) in [5, 5.41) is 0. The Morgan fingerprint density at radius 3 is 2.29 bits per heavy atom. The molecule has 2 saturated heterocycles. The van der Waals surface area contributed by atoms with Crippen molar-refractivity contribution < 1.29 is 22.8 Å². The maximum atomic E-state index is 13.3. The number of urea groups is 1. The van der Waals surface area contributed by atoms with Gasteiger partial charge in [0.25, 0.3) is 5.91 Å². The van der Waals surface area contributed by atoms with Gasteiger partial charge in [0.2, 0.25) is 5.91 Å². The Morgan fingerprint density at radius 2 is 1.71 bits per heavy atom. The van der Waals surface area contributed by atoms with Crippen LogP contribution in [-0.4, -0.2) is 72.2 Å². The van der Waals surface area contributed by atoms with Gasteiger partial charge in [0.05, 0.1) is 11.5 Å². The minimum atomic E-state index is -3.16. The molecule has 31 heavy (non-hydrogen) atoms. The molecule has 0 radical (unpaired) electrons. The summed E-state index contributed by atoms with van der Waals surface area (Å²) < 4.78 is 24.1. The molecule has 1 aromatic rings. The Morgan fingerprint density at radius 1 is 1.06 bits per heavy atom. The summed E-state index contributed by atoms with van der Waals surface area (Å²) >= 11 is 0. The maximum absolute atomic E-state index is 13.3. The van der Waals surface area contributed by atoms with Crippen LogP contribution in [0.3, 0.4) is 0 Å². The van der Waals surface area contributed by atoms with Crippen LogP contribution >= 0.6 is 0 Å². The van der Waals surface area contributed by atoms with Gasteiger partial charge in [-0.05, 0) is 45.2 Å². The molecule has 3 aliphatic rings. The van der Waals surface area contributed by atoms with Gasteiger partial charge in [-0.25, -0.2) is 13.2 Å². The number of amides is 4. The van der Waals surface area contributed by atoms with Crippen molar-refractivity contribution in [2.45, 2.75) is 64.1 Å². The predicted molar refractivity (Wildman–Crippen MR) is 116 cm³/mol. The zero-order chi connectivity index (χ0) is 22.3. The van der Waals surface area contributed by atoms with E-state index in [9.17, 15) is 22.8 Å². The third-order valence-corrected chi connectivity index (χ3v) is 8.41. The third kappa shape index (κ3) is 4.20. The predicted octanol–water partition coefficient (Wildman–Crippen LogP) is 2.11. The van der Waals surface area contributed by atoms with E-state index in [2.05, 4.69) is 0 Å². The molecule has 0 N–H and O–H groups in total. The van der Waals surface area contributed by atoms with Crippen molar-refractivity contribution in [1.29, 1.82) is 0 Å². The summed E-state index contributed by atoms with van der Waals surface area (Å²) in [7, 11) is -3.16. The van der Waals surface area contributed by atoms with Crippen molar-refractivity contribution in [2.24, 2.45) is 0 Å². The van der Waals surface area contributed by atoms with Crippen LogP contribution in [0.5, 0.6) is 0 Å². The lowest BCUT2D eigenvalue weighted by molar-refractivity contribution is -0.140. The number of carbonyl (C=O) groups excluding carboxylic acids is 3. The van der Waals surface area contributed by atoms with Gasteiger partial charge in [-0.3, -0.25) is 19.4 Å². The summed E-state index contributed by atoms with van der Waals surface area (Å²) in [6.45, 7) is 3.25. The Balaban J connectivity index is 1.54. The first-order valence-electron chi connectivity index (χ1n) is 10.9. The van der Waals surface area contributed by atoms with Gasteiger partial charge in [-0.15, -0.1) is 0 Å². The lowest BCUT2D eigenvalue weighted by atomic mass is 10.1. The van der Waals surface area contributed by atoms with Gasteiger partial charge in [0.1, 0.15) is 12.6 Å². The smallest absolute Gasteiger partial charge is 0.332 e. The largest absolute Gasteiger partial charge is 0.334 e. The molecule has 0 aromatic heterocycles. The van der Waals surface area contributed by atoms with Crippen molar-refractivity contribution in [3.63, 3.8) is 0 Å². The quantitative estimate of drug-likeness (QED) is 0.645. The van der Waals surface area contributed by atoms with Gasteiger partial charge >= 0.3 is 6.03 Å². The second-order valence-corrected chi connectivity index (χ2v) is 11.1. The average molecular weight is 448 g/mol. The van der Waals surface area contributed by atoms with Gasteiger partial charge in [-0.1, -0.05) is 30.5 Å². The van der Waals surface area contributed by atoms with E-state index in [0.29, 0.717) is 12.1 Å². The number of imide groups is 1. The number of sulfone groups is 1. The molecule has 1 aliphatic carbocycles. The number of aryl methyl sites for hydroxylation is 1. The summed E-state index contributed by atoms with van der Waals surface area (Å²) in [6.07, 6.45) is 4.06. The minimum Gasteiger partial charge on any atom is -0.334 e. The molecule has 1 saturated carbocycles. The second-order valence-electron chi connectivity index (χ2n) is 8.88. The van der Waals surface area contributed by atoms with Crippen LogP contribution < -0.4 is 4.90 Å². The average Bonchev–Trinajstić information content (AvgIpc) is 3.41. The molecular formula is C22H29N3O5S. The zero-order valence-electron chi connectivity index (χ0n) is 18.0. The number of carbonyl (C=O) groups is 3. The van der Waals surface area contributed by atoms with E-state index >= 15 is 0 Å². The van der Waals surface area contributed by atoms with E-state index in [-0.39, 0.29) is 36.0 Å². The summed E-state index contributed by atoms with van der Waals surface area (Å²) in [5.41, 5.74) is 1.65. The molecule has 4 rings (SSSR count). The number of hydrogen-bond acceptors (Lipinski definition) is 5. The van der Waals surface area contributed by atoms with E-state index in [1.54, 1.807) is 24.0 Å². The molecule has 2 atom stereocenters. The number of benzene rings is 1. The molecule has 0 bridgehead atoms. The number of anilines is 1. The molecule has 1 aromatic carbocycles. The lowest BCUT2D eigenvalue weighted by Gasteiger charge is -2.35. The second kappa shape index (κ2) is 8.26. The summed E-state index contributed by atoms with van der Waals surface area (Å²) in [4.78, 5) is 43.4. The SMILES string of the molecule is Cc1ccc(N2C(=O)N(CC(=O)N(C3CCCC3)[C@@H]3CCS(=O)(=O)C3)C(=O)[C@@H]2C)cc1. The fourth-order valence-electron chi connectivity index (χ4n) is 5.01. The number of hydrogen-bond donors (Lipinski definition) is 0. The van der Waals surface area contributed by atoms with E-state index < -0.39 is 27.8 Å². The van der Waals surface area contributed by atoms with E-state index in [0.717, 1.165) is 36.1 Å². The zero-order valence-corrected chi connectivity index (χ0v) is 18.8. The molecule has 0 unspecified atom stereocenters. The van der Waals surface area contributed by atoms with Crippen molar-refractivity contribution in [3.05, 3.63) is 29.8 Å². The molecule has 8 nitrogen and oxygen atoms in total. The molecular weight excluding hydrogens is 418 g/mol. The van der Waals surface area contributed by atoms with E-state index in [1.807, 2.05) is 19.1 Å². The Kier molecular flexibility index (Phi) is 5.81. The monoisotopic (exact) mass is 447 g/mol. The Labute approximate surface area is 183 Å². The van der Waals surface area contributed by atoms with Crippen LogP contribution in [0.2, 0.25) is 0 Å². The van der Waals surface area contributed by atoms with Crippen molar-refractivity contribution in [2.75, 3.05) is 23.0 Å². The first-order valence-corrected chi connectivity index (χ1v) is 12.7. The molecule has 0 spiro atoms. The Hall–Kier alpha value is -2.42. The highest BCUT2D eigenvalue weighted by molar-refractivity contribution is 7.91. The number of nitrogens with zero attached hydrogens (tertiary/aromatic N) is 3. The van der Waals surface area contributed by atoms with Gasteiger partial charge in [0, 0.05) is 17.8 Å². The van der Waals surface area contributed by atoms with Crippen LogP contribution in [0.1, 0.15) is 44.6 Å². The van der Waals surface area contributed by atoms with Gasteiger partial charge in [0.15, 0.2) is 9.84 Å². The summed E-state index contributed by atoms with van der Waals surface area (Å²) in [5.74, 6) is -0.713. The van der Waals surface area contributed by atoms with Gasteiger partial charge in [-0.2, -0.15) is 0 Å². The van der Waals surface area contributed by atoms with Crippen molar-refractivity contribution in [1.82, 2.24) is 9.80 Å². The van der Waals surface area contributed by atoms with Crippen molar-refractivity contribution >= 4 is 33.4 Å². The molecule has 2 aliphatic heterocycles. The van der Waals surface area contributed by atoms with Crippen LogP contribution in [0.15, 0.2) is 24.3 Å². The van der Waals surface area contributed by atoms with E-state index in [1.165, 1.54) is 4.90 Å². The molecule has 168 valence electrons. The fourth-order valence-corrected chi connectivity index (χ4v) is 6.72. The third-order valence-electron chi connectivity index (χ3n) is 6.66. The summed E-state index contributed by atoms with van der Waals surface area (Å²) in [6, 6.07) is 5.71. The van der Waals surface area contributed by atoms with Crippen LogP contribution in [0.4, 0.5) is 10.5 Å². The Bertz CT molecular complexity index is 985. The first-order chi connectivity index (χ1) is 14.7. The minimum absolute atomic E-state index is 0.0239. The molecule has 3 fully saturated rings. The van der Waals surface area contributed by atoms with Crippen molar-refractivity contribution in [3.8, 4) is 0 Å². The van der Waals surface area contributed by atoms with Gasteiger partial charge < -0.3 is 4.90 Å². The van der Waals surface area contributed by atoms with Crippen LogP contribution in [-0.2, 0) is 19.4 Å². The molecule has 9 heteroatoms. The highest BCUT2D eigenvalue weighted by Gasteiger charge is 2.46. The number of rotatable bonds is 5. The highest BCUT2D eigenvalue weighted by Crippen LogP contribution is 2.31. The lowest BCUT2D eigenvalue weighted by Crippen LogP contribution is -2.51. The topological polar surface area (TPSA) is 95.1 Å². The van der Waals surface area contributed by atoms with Crippen LogP contribution in [0, 0.1) is 6.92 Å². The van der Waals surface area contributed by atoms with Crippen LogP contribution in [0.25, 0.3) is 0 Å². The normalized spacial score (nSPS) is 26.1. The maximum Gasteiger partial charge on any atom is 0.332 e. The highest BCUT2D eigenvalue weighted by atomic mass is 32.2. The first kappa shape index (κ1) is 21.8. The van der Waals surface area contributed by atoms with E-state index in [4.69, 9.17) is 0 Å². The fraction of sp³-hybridized carbons (Fsp3) is 0.591.